The third-order valence-corrected chi connectivity index (χ3v) is 7.32. The van der Waals surface area contributed by atoms with E-state index >= 15 is 0 Å². The van der Waals surface area contributed by atoms with Crippen molar-refractivity contribution in [1.29, 1.82) is 5.26 Å². The number of Topliss-reactive ketones (excluding diaryl/α,β-unsaturated/α-hetero) is 1. The van der Waals surface area contributed by atoms with Crippen molar-refractivity contribution in [2.24, 2.45) is 5.41 Å². The Bertz CT molecular complexity index is 1260. The van der Waals surface area contributed by atoms with Crippen LogP contribution in [-0.2, 0) is 9.59 Å². The second-order valence-corrected chi connectivity index (χ2v) is 10.8. The first-order valence-corrected chi connectivity index (χ1v) is 12.6. The molecule has 2 aromatic carbocycles. The number of amides is 1. The normalized spacial score (nSPS) is 18.9. The van der Waals surface area contributed by atoms with E-state index in [9.17, 15) is 14.9 Å². The van der Waals surface area contributed by atoms with E-state index in [-0.39, 0.29) is 22.9 Å². The molecular weight excluding hydrogens is 482 g/mol. The lowest BCUT2D eigenvalue weighted by molar-refractivity contribution is -0.118. The SMILES string of the molecule is COc1ccc([C@@H]2C(C#N)=C(SCC(=O)Nc3ccc(Cl)cc3)NC3=C2C(=O)CC(C)(C)C3)cc1. The van der Waals surface area contributed by atoms with Gasteiger partial charge in [-0.1, -0.05) is 49.3 Å². The number of dihydropyridines is 1. The van der Waals surface area contributed by atoms with Gasteiger partial charge < -0.3 is 15.4 Å². The molecule has 1 aliphatic carbocycles. The Labute approximate surface area is 214 Å². The predicted octanol–water partition coefficient (Wildman–Crippen LogP) is 5.79. The number of hydrogen-bond acceptors (Lipinski definition) is 6. The molecule has 1 atom stereocenters. The molecule has 4 rings (SSSR count). The summed E-state index contributed by atoms with van der Waals surface area (Å²) < 4.78 is 5.28. The summed E-state index contributed by atoms with van der Waals surface area (Å²) in [7, 11) is 1.59. The van der Waals surface area contributed by atoms with Crippen LogP contribution in [0.5, 0.6) is 5.75 Å². The second kappa shape index (κ2) is 10.2. The lowest BCUT2D eigenvalue weighted by Gasteiger charge is -2.39. The molecule has 1 aliphatic heterocycles. The first kappa shape index (κ1) is 24.9. The fraction of sp³-hybridized carbons (Fsp3) is 0.296. The van der Waals surface area contributed by atoms with Crippen molar-refractivity contribution < 1.29 is 14.3 Å². The number of benzene rings is 2. The second-order valence-electron chi connectivity index (χ2n) is 9.36. The molecule has 0 saturated carbocycles. The summed E-state index contributed by atoms with van der Waals surface area (Å²) in [5.41, 5.74) is 3.19. The van der Waals surface area contributed by atoms with Crippen molar-refractivity contribution >= 4 is 40.7 Å². The van der Waals surface area contributed by atoms with Crippen LogP contribution in [-0.4, -0.2) is 24.6 Å². The molecule has 0 unspecified atom stereocenters. The number of allylic oxidation sites excluding steroid dienone is 3. The lowest BCUT2D eigenvalue weighted by atomic mass is 9.69. The highest BCUT2D eigenvalue weighted by atomic mass is 35.5. The molecule has 2 N–H and O–H groups in total. The zero-order chi connectivity index (χ0) is 25.2. The largest absolute Gasteiger partial charge is 0.497 e. The highest BCUT2D eigenvalue weighted by Gasteiger charge is 2.41. The molecule has 1 heterocycles. The number of methoxy groups -OCH3 is 1. The molecule has 0 saturated heterocycles. The van der Waals surface area contributed by atoms with E-state index in [4.69, 9.17) is 16.3 Å². The average molecular weight is 508 g/mol. The van der Waals surface area contributed by atoms with Gasteiger partial charge in [0.05, 0.1) is 35.5 Å². The van der Waals surface area contributed by atoms with Crippen LogP contribution in [0.4, 0.5) is 5.69 Å². The fourth-order valence-corrected chi connectivity index (χ4v) is 5.48. The standard InChI is InChI=1S/C27H26ClN3O3S/c1-27(2)12-21-25(22(32)13-27)24(16-4-10-19(34-3)11-5-16)20(14-29)26(31-21)35-15-23(33)30-18-8-6-17(28)7-9-18/h4-11,24,31H,12-13,15H2,1-3H3,(H,30,33)/t24-/m1/s1. The smallest absolute Gasteiger partial charge is 0.234 e. The van der Waals surface area contributed by atoms with Gasteiger partial charge in [-0.05, 0) is 53.8 Å². The maximum atomic E-state index is 13.3. The first-order valence-electron chi connectivity index (χ1n) is 11.2. The van der Waals surface area contributed by atoms with Crippen molar-refractivity contribution in [3.63, 3.8) is 0 Å². The maximum absolute atomic E-state index is 13.3. The summed E-state index contributed by atoms with van der Waals surface area (Å²) in [5.74, 6) is 0.147. The zero-order valence-electron chi connectivity index (χ0n) is 19.8. The molecule has 0 radical (unpaired) electrons. The van der Waals surface area contributed by atoms with E-state index in [1.54, 1.807) is 31.4 Å². The van der Waals surface area contributed by atoms with Crippen molar-refractivity contribution in [2.45, 2.75) is 32.6 Å². The number of ketones is 1. The molecule has 180 valence electrons. The minimum atomic E-state index is -0.493. The number of halogens is 1. The molecule has 0 bridgehead atoms. The number of carbonyl (C=O) groups is 2. The van der Waals surface area contributed by atoms with Crippen LogP contribution >= 0.6 is 23.4 Å². The summed E-state index contributed by atoms with van der Waals surface area (Å²) in [6, 6.07) is 16.6. The van der Waals surface area contributed by atoms with Gasteiger partial charge in [-0.3, -0.25) is 9.59 Å². The third-order valence-electron chi connectivity index (χ3n) is 6.05. The minimum Gasteiger partial charge on any atom is -0.497 e. The number of anilines is 1. The van der Waals surface area contributed by atoms with Crippen molar-refractivity contribution in [3.8, 4) is 11.8 Å². The average Bonchev–Trinajstić information content (AvgIpc) is 2.82. The molecular formula is C27H26ClN3O3S. The summed E-state index contributed by atoms with van der Waals surface area (Å²) in [6.45, 7) is 4.13. The van der Waals surface area contributed by atoms with Gasteiger partial charge in [-0.25, -0.2) is 0 Å². The highest BCUT2D eigenvalue weighted by Crippen LogP contribution is 2.48. The van der Waals surface area contributed by atoms with Crippen molar-refractivity contribution in [2.75, 3.05) is 18.2 Å². The Morgan fingerprint density at radius 3 is 2.51 bits per heavy atom. The Balaban J connectivity index is 1.64. The van der Waals surface area contributed by atoms with Gasteiger partial charge in [0.2, 0.25) is 5.91 Å². The molecule has 6 nitrogen and oxygen atoms in total. The Hall–Kier alpha value is -3.21. The summed E-state index contributed by atoms with van der Waals surface area (Å²) in [5, 5.41) is 17.5. The van der Waals surface area contributed by atoms with Gasteiger partial charge >= 0.3 is 0 Å². The Kier molecular flexibility index (Phi) is 7.25. The van der Waals surface area contributed by atoms with Crippen LogP contribution in [0.15, 0.2) is 70.4 Å². The molecule has 0 fully saturated rings. The van der Waals surface area contributed by atoms with Crippen LogP contribution in [0.2, 0.25) is 5.02 Å². The monoisotopic (exact) mass is 507 g/mol. The predicted molar refractivity (Wildman–Crippen MR) is 139 cm³/mol. The third kappa shape index (κ3) is 5.55. The lowest BCUT2D eigenvalue weighted by Crippen LogP contribution is -2.37. The Morgan fingerprint density at radius 1 is 1.20 bits per heavy atom. The number of nitrogens with zero attached hydrogens (tertiary/aromatic N) is 1. The molecule has 1 amide bonds. The van der Waals surface area contributed by atoms with Crippen LogP contribution in [0.3, 0.4) is 0 Å². The maximum Gasteiger partial charge on any atom is 0.234 e. The highest BCUT2D eigenvalue weighted by molar-refractivity contribution is 8.03. The first-order chi connectivity index (χ1) is 16.7. The molecule has 8 heteroatoms. The summed E-state index contributed by atoms with van der Waals surface area (Å²) >= 11 is 7.17. The van der Waals surface area contributed by atoms with Gasteiger partial charge in [-0.2, -0.15) is 5.26 Å². The van der Waals surface area contributed by atoms with E-state index in [1.807, 2.05) is 24.3 Å². The number of thioether (sulfide) groups is 1. The molecule has 2 aromatic rings. The van der Waals surface area contributed by atoms with E-state index in [1.165, 1.54) is 11.8 Å². The molecule has 2 aliphatic rings. The quantitative estimate of drug-likeness (QED) is 0.514. The zero-order valence-corrected chi connectivity index (χ0v) is 21.3. The number of ether oxygens (including phenoxy) is 1. The number of nitriles is 1. The van der Waals surface area contributed by atoms with Gasteiger partial charge in [-0.15, -0.1) is 0 Å². The van der Waals surface area contributed by atoms with Gasteiger partial charge in [0.1, 0.15) is 5.75 Å². The van der Waals surface area contributed by atoms with E-state index < -0.39 is 5.92 Å². The number of nitrogens with one attached hydrogen (secondary N) is 2. The number of rotatable bonds is 6. The minimum absolute atomic E-state index is 0.0434. The Morgan fingerprint density at radius 2 is 1.89 bits per heavy atom. The number of hydrogen-bond donors (Lipinski definition) is 2. The van der Waals surface area contributed by atoms with Crippen LogP contribution in [0.25, 0.3) is 0 Å². The van der Waals surface area contributed by atoms with Gasteiger partial charge in [0.15, 0.2) is 5.78 Å². The van der Waals surface area contributed by atoms with Gasteiger partial charge in [0.25, 0.3) is 0 Å². The molecule has 35 heavy (non-hydrogen) atoms. The van der Waals surface area contributed by atoms with E-state index in [2.05, 4.69) is 30.6 Å². The molecule has 0 aromatic heterocycles. The van der Waals surface area contributed by atoms with Gasteiger partial charge in [0, 0.05) is 28.4 Å². The van der Waals surface area contributed by atoms with Crippen molar-refractivity contribution in [3.05, 3.63) is 81.0 Å². The van der Waals surface area contributed by atoms with Crippen LogP contribution in [0.1, 0.15) is 38.2 Å². The topological polar surface area (TPSA) is 91.2 Å². The molecule has 0 spiro atoms. The summed E-state index contributed by atoms with van der Waals surface area (Å²) in [4.78, 5) is 25.9. The van der Waals surface area contributed by atoms with Crippen LogP contribution in [0, 0.1) is 16.7 Å². The fourth-order valence-electron chi connectivity index (χ4n) is 4.49. The van der Waals surface area contributed by atoms with Crippen molar-refractivity contribution in [1.82, 2.24) is 5.32 Å². The van der Waals surface area contributed by atoms with E-state index in [0.717, 1.165) is 11.3 Å². The summed E-state index contributed by atoms with van der Waals surface area (Å²) in [6.07, 6.45) is 1.10. The van der Waals surface area contributed by atoms with Crippen LogP contribution < -0.4 is 15.4 Å². The van der Waals surface area contributed by atoms with E-state index in [0.29, 0.717) is 45.5 Å². The number of carbonyl (C=O) groups excluding carboxylic acids is 2.